The van der Waals surface area contributed by atoms with Crippen LogP contribution >= 0.6 is 0 Å². The summed E-state index contributed by atoms with van der Waals surface area (Å²) in [4.78, 5) is 0. The minimum Gasteiger partial charge on any atom is -0.494 e. The summed E-state index contributed by atoms with van der Waals surface area (Å²) in [6.07, 6.45) is 2.76. The van der Waals surface area contributed by atoms with Crippen molar-refractivity contribution < 1.29 is 18.6 Å². The number of ether oxygens (including phenoxy) is 3. The third kappa shape index (κ3) is 2.64. The van der Waals surface area contributed by atoms with Crippen molar-refractivity contribution >= 4 is 0 Å². The number of halogens is 1. The van der Waals surface area contributed by atoms with Crippen LogP contribution in [0.25, 0.3) is 0 Å². The third-order valence-electron chi connectivity index (χ3n) is 2.53. The van der Waals surface area contributed by atoms with Gasteiger partial charge in [0.05, 0.1) is 13.7 Å². The Kier molecular flexibility index (Phi) is 3.62. The topological polar surface area (TPSA) is 27.7 Å². The average molecular weight is 226 g/mol. The molecule has 0 spiro atoms. The SMILES string of the molecule is COc1ccc(OC2CCCCO2)cc1F. The number of hydrogen-bond donors (Lipinski definition) is 0. The minimum absolute atomic E-state index is 0.219. The summed E-state index contributed by atoms with van der Waals surface area (Å²) in [5.74, 6) is 0.276. The fourth-order valence-corrected chi connectivity index (χ4v) is 1.68. The van der Waals surface area contributed by atoms with E-state index in [4.69, 9.17) is 14.2 Å². The van der Waals surface area contributed by atoms with Gasteiger partial charge in [0.25, 0.3) is 0 Å². The first-order valence-corrected chi connectivity index (χ1v) is 5.41. The van der Waals surface area contributed by atoms with Crippen molar-refractivity contribution in [2.24, 2.45) is 0 Å². The van der Waals surface area contributed by atoms with E-state index in [9.17, 15) is 4.39 Å². The second kappa shape index (κ2) is 5.16. The number of hydrogen-bond acceptors (Lipinski definition) is 3. The highest BCUT2D eigenvalue weighted by Crippen LogP contribution is 2.24. The van der Waals surface area contributed by atoms with Gasteiger partial charge in [-0.15, -0.1) is 0 Å². The smallest absolute Gasteiger partial charge is 0.199 e. The van der Waals surface area contributed by atoms with Crippen molar-refractivity contribution in [1.29, 1.82) is 0 Å². The molecular weight excluding hydrogens is 211 g/mol. The maximum absolute atomic E-state index is 13.4. The molecule has 16 heavy (non-hydrogen) atoms. The standard InChI is InChI=1S/C12H15FO3/c1-14-11-6-5-9(8-10(11)13)16-12-4-2-3-7-15-12/h5-6,8,12H,2-4,7H2,1H3. The third-order valence-corrected chi connectivity index (χ3v) is 2.53. The van der Waals surface area contributed by atoms with Crippen LogP contribution in [0.1, 0.15) is 19.3 Å². The molecule has 1 aliphatic rings. The van der Waals surface area contributed by atoms with E-state index in [2.05, 4.69) is 0 Å². The Morgan fingerprint density at radius 1 is 1.38 bits per heavy atom. The van der Waals surface area contributed by atoms with Gasteiger partial charge in [0.1, 0.15) is 5.75 Å². The summed E-state index contributed by atoms with van der Waals surface area (Å²) >= 11 is 0. The summed E-state index contributed by atoms with van der Waals surface area (Å²) in [6, 6.07) is 4.55. The largest absolute Gasteiger partial charge is 0.494 e. The Balaban J connectivity index is 2.01. The molecule has 4 heteroatoms. The van der Waals surface area contributed by atoms with Crippen LogP contribution in [0.2, 0.25) is 0 Å². The molecule has 1 heterocycles. The Labute approximate surface area is 94.1 Å². The summed E-state index contributed by atoms with van der Waals surface area (Å²) in [5.41, 5.74) is 0. The quantitative estimate of drug-likeness (QED) is 0.793. The van der Waals surface area contributed by atoms with Crippen LogP contribution in [0.5, 0.6) is 11.5 Å². The molecule has 0 saturated carbocycles. The highest BCUT2D eigenvalue weighted by molar-refractivity contribution is 5.33. The van der Waals surface area contributed by atoms with Crippen molar-refractivity contribution in [2.75, 3.05) is 13.7 Å². The highest BCUT2D eigenvalue weighted by Gasteiger charge is 2.15. The number of rotatable bonds is 3. The zero-order chi connectivity index (χ0) is 11.4. The zero-order valence-electron chi connectivity index (χ0n) is 9.24. The first-order chi connectivity index (χ1) is 7.79. The molecule has 1 fully saturated rings. The molecule has 1 saturated heterocycles. The van der Waals surface area contributed by atoms with Crippen LogP contribution in [0, 0.1) is 5.82 Å². The van der Waals surface area contributed by atoms with Gasteiger partial charge in [0, 0.05) is 12.5 Å². The van der Waals surface area contributed by atoms with Gasteiger partial charge in [-0.2, -0.15) is 0 Å². The predicted octanol–water partition coefficient (Wildman–Crippen LogP) is 2.74. The Morgan fingerprint density at radius 3 is 2.88 bits per heavy atom. The molecule has 2 rings (SSSR count). The molecule has 0 bridgehead atoms. The van der Waals surface area contributed by atoms with Gasteiger partial charge in [0.15, 0.2) is 17.9 Å². The fourth-order valence-electron chi connectivity index (χ4n) is 1.68. The number of methoxy groups -OCH3 is 1. The normalized spacial score (nSPS) is 20.5. The molecule has 1 atom stereocenters. The lowest BCUT2D eigenvalue weighted by Gasteiger charge is -2.23. The molecule has 0 amide bonds. The molecule has 88 valence electrons. The van der Waals surface area contributed by atoms with E-state index in [0.717, 1.165) is 19.3 Å². The lowest BCUT2D eigenvalue weighted by molar-refractivity contribution is -0.106. The summed E-state index contributed by atoms with van der Waals surface area (Å²) < 4.78 is 29.1. The lowest BCUT2D eigenvalue weighted by atomic mass is 10.2. The summed E-state index contributed by atoms with van der Waals surface area (Å²) in [6.45, 7) is 0.712. The predicted molar refractivity (Wildman–Crippen MR) is 57.2 cm³/mol. The van der Waals surface area contributed by atoms with Crippen molar-refractivity contribution in [3.63, 3.8) is 0 Å². The highest BCUT2D eigenvalue weighted by atomic mass is 19.1. The van der Waals surface area contributed by atoms with Crippen LogP contribution in [-0.2, 0) is 4.74 Å². The summed E-state index contributed by atoms with van der Waals surface area (Å²) in [5, 5.41) is 0. The lowest BCUT2D eigenvalue weighted by Crippen LogP contribution is -2.24. The summed E-state index contributed by atoms with van der Waals surface area (Å²) in [7, 11) is 1.43. The van der Waals surface area contributed by atoms with Crippen LogP contribution < -0.4 is 9.47 Å². The van der Waals surface area contributed by atoms with Gasteiger partial charge in [-0.3, -0.25) is 0 Å². The van der Waals surface area contributed by atoms with Gasteiger partial charge in [-0.05, 0) is 25.0 Å². The van der Waals surface area contributed by atoms with Crippen molar-refractivity contribution in [1.82, 2.24) is 0 Å². The van der Waals surface area contributed by atoms with E-state index in [1.54, 1.807) is 12.1 Å². The maximum atomic E-state index is 13.4. The Bertz CT molecular complexity index is 348. The van der Waals surface area contributed by atoms with Crippen molar-refractivity contribution in [3.05, 3.63) is 24.0 Å². The van der Waals surface area contributed by atoms with E-state index in [0.29, 0.717) is 12.4 Å². The first-order valence-electron chi connectivity index (χ1n) is 5.41. The number of benzene rings is 1. The van der Waals surface area contributed by atoms with Gasteiger partial charge in [-0.1, -0.05) is 0 Å². The first kappa shape index (κ1) is 11.2. The van der Waals surface area contributed by atoms with Gasteiger partial charge in [-0.25, -0.2) is 4.39 Å². The maximum Gasteiger partial charge on any atom is 0.199 e. The Morgan fingerprint density at radius 2 is 2.25 bits per heavy atom. The molecular formula is C12H15FO3. The van der Waals surface area contributed by atoms with Crippen LogP contribution in [0.4, 0.5) is 4.39 Å². The van der Waals surface area contributed by atoms with E-state index in [1.807, 2.05) is 0 Å². The second-order valence-electron chi connectivity index (χ2n) is 3.71. The monoisotopic (exact) mass is 226 g/mol. The van der Waals surface area contributed by atoms with Crippen LogP contribution in [-0.4, -0.2) is 20.0 Å². The van der Waals surface area contributed by atoms with Gasteiger partial charge >= 0.3 is 0 Å². The minimum atomic E-state index is -0.421. The van der Waals surface area contributed by atoms with Crippen molar-refractivity contribution in [2.45, 2.75) is 25.6 Å². The van der Waals surface area contributed by atoms with Crippen LogP contribution in [0.3, 0.4) is 0 Å². The molecule has 0 aliphatic carbocycles. The molecule has 1 unspecified atom stereocenters. The van der Waals surface area contributed by atoms with E-state index < -0.39 is 5.82 Å². The van der Waals surface area contributed by atoms with Crippen LogP contribution in [0.15, 0.2) is 18.2 Å². The zero-order valence-corrected chi connectivity index (χ0v) is 9.24. The Hall–Kier alpha value is -1.29. The average Bonchev–Trinajstić information content (AvgIpc) is 2.31. The molecule has 0 N–H and O–H groups in total. The molecule has 1 aromatic carbocycles. The van der Waals surface area contributed by atoms with E-state index in [1.165, 1.54) is 13.2 Å². The fraction of sp³-hybridized carbons (Fsp3) is 0.500. The van der Waals surface area contributed by atoms with E-state index >= 15 is 0 Å². The van der Waals surface area contributed by atoms with Gasteiger partial charge < -0.3 is 14.2 Å². The molecule has 0 radical (unpaired) electrons. The molecule has 3 nitrogen and oxygen atoms in total. The van der Waals surface area contributed by atoms with E-state index in [-0.39, 0.29) is 12.0 Å². The molecule has 1 aromatic rings. The van der Waals surface area contributed by atoms with Gasteiger partial charge in [0.2, 0.25) is 0 Å². The molecule has 1 aliphatic heterocycles. The van der Waals surface area contributed by atoms with Crippen molar-refractivity contribution in [3.8, 4) is 11.5 Å². The molecule has 0 aromatic heterocycles. The second-order valence-corrected chi connectivity index (χ2v) is 3.71.